The van der Waals surface area contributed by atoms with Gasteiger partial charge in [-0.25, -0.2) is 0 Å². The zero-order chi connectivity index (χ0) is 12.0. The molecule has 90 valence electrons. The van der Waals surface area contributed by atoms with Gasteiger partial charge < -0.3 is 5.32 Å². The summed E-state index contributed by atoms with van der Waals surface area (Å²) in [5.41, 5.74) is 0.873. The molecule has 2 amide bonds. The zero-order valence-electron chi connectivity index (χ0n) is 9.62. The monoisotopic (exact) mass is 242 g/mol. The van der Waals surface area contributed by atoms with Crippen LogP contribution >= 0.6 is 11.8 Å². The number of carbonyl (C=O) groups is 2. The Morgan fingerprint density at radius 1 is 1.56 bits per heavy atom. The van der Waals surface area contributed by atoms with Gasteiger partial charge in [-0.3, -0.25) is 14.5 Å². The molecule has 1 aliphatic rings. The molecule has 1 aliphatic heterocycles. The first-order chi connectivity index (χ1) is 7.65. The lowest BCUT2D eigenvalue weighted by Gasteiger charge is -2.24. The van der Waals surface area contributed by atoms with E-state index in [0.29, 0.717) is 25.3 Å². The smallest absolute Gasteiger partial charge is 0.288 e. The van der Waals surface area contributed by atoms with E-state index in [-0.39, 0.29) is 11.1 Å². The lowest BCUT2D eigenvalue weighted by molar-refractivity contribution is -0.127. The third kappa shape index (κ3) is 3.98. The molecule has 0 spiro atoms. The number of amides is 2. The summed E-state index contributed by atoms with van der Waals surface area (Å²) in [6.45, 7) is 7.90. The van der Waals surface area contributed by atoms with Crippen molar-refractivity contribution in [3.8, 4) is 0 Å². The predicted molar refractivity (Wildman–Crippen MR) is 66.5 cm³/mol. The molecule has 1 fully saturated rings. The van der Waals surface area contributed by atoms with Crippen LogP contribution in [0.4, 0.5) is 4.79 Å². The molecule has 5 heteroatoms. The van der Waals surface area contributed by atoms with Crippen LogP contribution in [0, 0.1) is 0 Å². The Kier molecular flexibility index (Phi) is 5.55. The predicted octanol–water partition coefficient (Wildman–Crippen LogP) is 1.63. The summed E-state index contributed by atoms with van der Waals surface area (Å²) in [6, 6.07) is 0. The van der Waals surface area contributed by atoms with Crippen LogP contribution in [-0.2, 0) is 4.79 Å². The van der Waals surface area contributed by atoms with Crippen molar-refractivity contribution in [3.05, 3.63) is 12.2 Å². The minimum absolute atomic E-state index is 0.0830. The second-order valence-electron chi connectivity index (χ2n) is 3.77. The summed E-state index contributed by atoms with van der Waals surface area (Å²) >= 11 is 1.20. The van der Waals surface area contributed by atoms with Gasteiger partial charge in [0.15, 0.2) is 0 Å². The summed E-state index contributed by atoms with van der Waals surface area (Å²) in [4.78, 5) is 24.3. The van der Waals surface area contributed by atoms with Crippen molar-refractivity contribution < 1.29 is 9.59 Å². The van der Waals surface area contributed by atoms with E-state index in [2.05, 4.69) is 18.8 Å². The molecule has 16 heavy (non-hydrogen) atoms. The normalized spacial score (nSPS) is 16.7. The molecule has 4 nitrogen and oxygen atoms in total. The molecular weight excluding hydrogens is 224 g/mol. The number of carbonyl (C=O) groups excluding carboxylic acids is 2. The summed E-state index contributed by atoms with van der Waals surface area (Å²) < 4.78 is 0. The molecular formula is C11H18N2O2S. The molecule has 0 aromatic carbocycles. The van der Waals surface area contributed by atoms with E-state index in [1.165, 1.54) is 16.7 Å². The van der Waals surface area contributed by atoms with E-state index in [1.807, 2.05) is 0 Å². The van der Waals surface area contributed by atoms with Gasteiger partial charge in [0.25, 0.3) is 5.24 Å². The van der Waals surface area contributed by atoms with E-state index in [0.717, 1.165) is 18.5 Å². The van der Waals surface area contributed by atoms with E-state index >= 15 is 0 Å². The second-order valence-corrected chi connectivity index (χ2v) is 4.82. The first-order valence-electron chi connectivity index (χ1n) is 5.49. The Morgan fingerprint density at radius 2 is 2.31 bits per heavy atom. The molecule has 1 rings (SSSR count). The van der Waals surface area contributed by atoms with Crippen molar-refractivity contribution in [3.63, 3.8) is 0 Å². The first-order valence-corrected chi connectivity index (χ1v) is 6.48. The molecule has 0 aromatic heterocycles. The molecule has 1 saturated heterocycles. The Morgan fingerprint density at radius 3 is 2.94 bits per heavy atom. The lowest BCUT2D eigenvalue weighted by atomic mass is 10.2. The number of rotatable bonds is 6. The standard InChI is InChI=1S/C11H18N2O2S/c1-3-5-12-7-9(2)8-13-10(14)4-6-16-11(13)15/h12H,2-8H2,1H3. The minimum atomic E-state index is -0.145. The summed E-state index contributed by atoms with van der Waals surface area (Å²) in [7, 11) is 0. The fourth-order valence-electron chi connectivity index (χ4n) is 1.41. The van der Waals surface area contributed by atoms with E-state index < -0.39 is 0 Å². The van der Waals surface area contributed by atoms with Crippen LogP contribution in [0.15, 0.2) is 12.2 Å². The van der Waals surface area contributed by atoms with E-state index in [1.54, 1.807) is 0 Å². The Balaban J connectivity index is 2.36. The van der Waals surface area contributed by atoms with E-state index in [4.69, 9.17) is 0 Å². The van der Waals surface area contributed by atoms with Crippen LogP contribution < -0.4 is 5.32 Å². The topological polar surface area (TPSA) is 49.4 Å². The highest BCUT2D eigenvalue weighted by Crippen LogP contribution is 2.18. The molecule has 1 heterocycles. The van der Waals surface area contributed by atoms with Crippen LogP contribution in [-0.4, -0.2) is 41.4 Å². The highest BCUT2D eigenvalue weighted by molar-refractivity contribution is 8.13. The van der Waals surface area contributed by atoms with Crippen LogP contribution in [0.3, 0.4) is 0 Å². The van der Waals surface area contributed by atoms with Gasteiger partial charge in [-0.2, -0.15) is 0 Å². The number of imide groups is 1. The minimum Gasteiger partial charge on any atom is -0.313 e. The highest BCUT2D eigenvalue weighted by atomic mass is 32.2. The summed E-state index contributed by atoms with van der Waals surface area (Å²) in [6.07, 6.45) is 1.51. The number of nitrogens with zero attached hydrogens (tertiary/aromatic N) is 1. The van der Waals surface area contributed by atoms with Crippen LogP contribution in [0.1, 0.15) is 19.8 Å². The van der Waals surface area contributed by atoms with Crippen LogP contribution in [0.5, 0.6) is 0 Å². The molecule has 0 radical (unpaired) electrons. The van der Waals surface area contributed by atoms with E-state index in [9.17, 15) is 9.59 Å². The van der Waals surface area contributed by atoms with Gasteiger partial charge >= 0.3 is 0 Å². The van der Waals surface area contributed by atoms with Gasteiger partial charge in [0.1, 0.15) is 0 Å². The van der Waals surface area contributed by atoms with Crippen molar-refractivity contribution in [2.24, 2.45) is 0 Å². The Bertz CT molecular complexity index is 276. The average Bonchev–Trinajstić information content (AvgIpc) is 2.24. The number of hydrogen-bond donors (Lipinski definition) is 1. The SMILES string of the molecule is C=C(CNCCC)CN1C(=O)CCSC1=O. The van der Waals surface area contributed by atoms with Crippen molar-refractivity contribution >= 4 is 22.9 Å². The maximum Gasteiger partial charge on any atom is 0.288 e. The van der Waals surface area contributed by atoms with Gasteiger partial charge in [-0.05, 0) is 18.5 Å². The summed E-state index contributed by atoms with van der Waals surface area (Å²) in [5.74, 6) is 0.523. The second kappa shape index (κ2) is 6.70. The Hall–Kier alpha value is -0.810. The van der Waals surface area contributed by atoms with Gasteiger partial charge in [-0.15, -0.1) is 0 Å². The average molecular weight is 242 g/mol. The molecule has 0 aliphatic carbocycles. The third-order valence-corrected chi connectivity index (χ3v) is 3.12. The molecule has 0 atom stereocenters. The highest BCUT2D eigenvalue weighted by Gasteiger charge is 2.26. The molecule has 0 aromatic rings. The van der Waals surface area contributed by atoms with Crippen molar-refractivity contribution in [2.75, 3.05) is 25.4 Å². The molecule has 0 unspecified atom stereocenters. The lowest BCUT2D eigenvalue weighted by Crippen LogP contribution is -2.40. The number of thioether (sulfide) groups is 1. The van der Waals surface area contributed by atoms with Crippen LogP contribution in [0.2, 0.25) is 0 Å². The van der Waals surface area contributed by atoms with Gasteiger partial charge in [0.2, 0.25) is 5.91 Å². The quantitative estimate of drug-likeness (QED) is 0.568. The van der Waals surface area contributed by atoms with Gasteiger partial charge in [0.05, 0.1) is 6.54 Å². The van der Waals surface area contributed by atoms with Crippen molar-refractivity contribution in [2.45, 2.75) is 19.8 Å². The zero-order valence-corrected chi connectivity index (χ0v) is 10.4. The largest absolute Gasteiger partial charge is 0.313 e. The molecule has 1 N–H and O–H groups in total. The van der Waals surface area contributed by atoms with Crippen molar-refractivity contribution in [1.82, 2.24) is 10.2 Å². The fourth-order valence-corrected chi connectivity index (χ4v) is 2.19. The fraction of sp³-hybridized carbons (Fsp3) is 0.636. The Labute approximate surface area is 100 Å². The summed E-state index contributed by atoms with van der Waals surface area (Å²) in [5, 5.41) is 3.05. The third-order valence-electron chi connectivity index (χ3n) is 2.25. The van der Waals surface area contributed by atoms with Crippen molar-refractivity contribution in [1.29, 1.82) is 0 Å². The maximum absolute atomic E-state index is 11.5. The number of nitrogens with one attached hydrogen (secondary N) is 1. The van der Waals surface area contributed by atoms with Gasteiger partial charge in [0, 0.05) is 18.7 Å². The molecule has 0 bridgehead atoms. The molecule has 0 saturated carbocycles. The number of hydrogen-bond acceptors (Lipinski definition) is 4. The first kappa shape index (κ1) is 13.3. The maximum atomic E-state index is 11.5. The van der Waals surface area contributed by atoms with Gasteiger partial charge in [-0.1, -0.05) is 25.3 Å². The van der Waals surface area contributed by atoms with Crippen LogP contribution in [0.25, 0.3) is 0 Å².